The SMILES string of the molecule is COc1cc(-c2ccc(-c3cccc(-c4ccc(C)cn4)c3)nc2)cc(OC)c1OC. The van der Waals surface area contributed by atoms with E-state index in [0.29, 0.717) is 17.2 Å². The molecule has 0 saturated heterocycles. The fraction of sp³-hybridized carbons (Fsp3) is 0.154. The van der Waals surface area contributed by atoms with Crippen molar-refractivity contribution >= 4 is 0 Å². The molecule has 0 aliphatic heterocycles. The second-order valence-corrected chi connectivity index (χ2v) is 7.15. The average Bonchev–Trinajstić information content (AvgIpc) is 2.83. The minimum atomic E-state index is 0.569. The van der Waals surface area contributed by atoms with E-state index in [9.17, 15) is 0 Å². The van der Waals surface area contributed by atoms with Crippen molar-refractivity contribution in [2.75, 3.05) is 21.3 Å². The molecule has 0 aliphatic carbocycles. The van der Waals surface area contributed by atoms with Crippen molar-refractivity contribution in [1.29, 1.82) is 0 Å². The number of aromatic nitrogens is 2. The molecule has 5 heteroatoms. The number of methoxy groups -OCH3 is 3. The highest BCUT2D eigenvalue weighted by Gasteiger charge is 2.14. The highest BCUT2D eigenvalue weighted by atomic mass is 16.5. The molecule has 0 bridgehead atoms. The van der Waals surface area contributed by atoms with E-state index in [1.807, 2.05) is 55.7 Å². The third kappa shape index (κ3) is 4.21. The van der Waals surface area contributed by atoms with Gasteiger partial charge in [0, 0.05) is 29.1 Å². The third-order valence-corrected chi connectivity index (χ3v) is 5.13. The molecule has 0 radical (unpaired) electrons. The third-order valence-electron chi connectivity index (χ3n) is 5.13. The molecule has 156 valence electrons. The lowest BCUT2D eigenvalue weighted by molar-refractivity contribution is 0.324. The van der Waals surface area contributed by atoms with E-state index in [1.54, 1.807) is 21.3 Å². The molecule has 31 heavy (non-hydrogen) atoms. The average molecular weight is 412 g/mol. The van der Waals surface area contributed by atoms with Crippen LogP contribution in [0.1, 0.15) is 5.56 Å². The van der Waals surface area contributed by atoms with E-state index in [-0.39, 0.29) is 0 Å². The molecule has 2 heterocycles. The van der Waals surface area contributed by atoms with Gasteiger partial charge in [-0.3, -0.25) is 9.97 Å². The molecule has 0 atom stereocenters. The van der Waals surface area contributed by atoms with Crippen LogP contribution in [0.15, 0.2) is 73.1 Å². The fourth-order valence-corrected chi connectivity index (χ4v) is 3.46. The van der Waals surface area contributed by atoms with Gasteiger partial charge in [-0.1, -0.05) is 30.3 Å². The smallest absolute Gasteiger partial charge is 0.203 e. The van der Waals surface area contributed by atoms with Gasteiger partial charge in [0.2, 0.25) is 5.75 Å². The number of benzene rings is 2. The van der Waals surface area contributed by atoms with Gasteiger partial charge >= 0.3 is 0 Å². The quantitative estimate of drug-likeness (QED) is 0.400. The van der Waals surface area contributed by atoms with Crippen LogP contribution in [-0.2, 0) is 0 Å². The molecular formula is C26H24N2O3. The van der Waals surface area contributed by atoms with Gasteiger partial charge in [0.05, 0.1) is 32.7 Å². The summed E-state index contributed by atoms with van der Waals surface area (Å²) in [4.78, 5) is 9.22. The van der Waals surface area contributed by atoms with E-state index < -0.39 is 0 Å². The van der Waals surface area contributed by atoms with Gasteiger partial charge in [0.25, 0.3) is 0 Å². The van der Waals surface area contributed by atoms with Crippen LogP contribution in [0.3, 0.4) is 0 Å². The molecule has 4 aromatic rings. The van der Waals surface area contributed by atoms with Crippen molar-refractivity contribution in [2.24, 2.45) is 0 Å². The first-order chi connectivity index (χ1) is 15.1. The van der Waals surface area contributed by atoms with Crippen LogP contribution in [0.2, 0.25) is 0 Å². The van der Waals surface area contributed by atoms with E-state index in [1.165, 1.54) is 0 Å². The van der Waals surface area contributed by atoms with Crippen molar-refractivity contribution in [3.05, 3.63) is 78.6 Å². The Bertz CT molecular complexity index is 1160. The lowest BCUT2D eigenvalue weighted by atomic mass is 10.0. The highest BCUT2D eigenvalue weighted by Crippen LogP contribution is 2.41. The lowest BCUT2D eigenvalue weighted by Crippen LogP contribution is -1.96. The predicted octanol–water partition coefficient (Wildman–Crippen LogP) is 5.81. The first-order valence-electron chi connectivity index (χ1n) is 9.93. The summed E-state index contributed by atoms with van der Waals surface area (Å²) in [5.74, 6) is 1.79. The van der Waals surface area contributed by atoms with Crippen molar-refractivity contribution in [2.45, 2.75) is 6.92 Å². The normalized spacial score (nSPS) is 10.6. The summed E-state index contributed by atoms with van der Waals surface area (Å²) in [6, 6.07) is 20.3. The second kappa shape index (κ2) is 8.88. The standard InChI is InChI=1S/C26H24N2O3/c1-17-8-10-22(27-15-17)18-6-5-7-19(12-18)23-11-9-20(16-28-23)21-13-24(29-2)26(31-4)25(14-21)30-3/h5-16H,1-4H3. The summed E-state index contributed by atoms with van der Waals surface area (Å²) in [6.45, 7) is 2.03. The van der Waals surface area contributed by atoms with E-state index in [0.717, 1.165) is 39.2 Å². The Morgan fingerprint density at radius 2 is 1.19 bits per heavy atom. The monoisotopic (exact) mass is 412 g/mol. The summed E-state index contributed by atoms with van der Waals surface area (Å²) in [7, 11) is 4.81. The Morgan fingerprint density at radius 3 is 1.68 bits per heavy atom. The predicted molar refractivity (Wildman–Crippen MR) is 123 cm³/mol. The van der Waals surface area contributed by atoms with Crippen LogP contribution >= 0.6 is 0 Å². The van der Waals surface area contributed by atoms with Crippen LogP contribution in [0, 0.1) is 6.92 Å². The van der Waals surface area contributed by atoms with Crippen LogP contribution in [0.4, 0.5) is 0 Å². The Kier molecular flexibility index (Phi) is 5.85. The molecule has 0 saturated carbocycles. The van der Waals surface area contributed by atoms with E-state index in [2.05, 4.69) is 29.2 Å². The summed E-state index contributed by atoms with van der Waals surface area (Å²) < 4.78 is 16.3. The second-order valence-electron chi connectivity index (χ2n) is 7.15. The number of nitrogens with zero attached hydrogens (tertiary/aromatic N) is 2. The molecule has 0 aliphatic rings. The maximum absolute atomic E-state index is 5.47. The van der Waals surface area contributed by atoms with Gasteiger partial charge in [-0.25, -0.2) is 0 Å². The van der Waals surface area contributed by atoms with Gasteiger partial charge in [0.15, 0.2) is 11.5 Å². The zero-order valence-corrected chi connectivity index (χ0v) is 18.0. The minimum absolute atomic E-state index is 0.569. The summed E-state index contributed by atoms with van der Waals surface area (Å²) in [5, 5.41) is 0. The molecule has 0 fully saturated rings. The van der Waals surface area contributed by atoms with Gasteiger partial charge < -0.3 is 14.2 Å². The Balaban J connectivity index is 1.66. The van der Waals surface area contributed by atoms with Crippen LogP contribution in [0.25, 0.3) is 33.6 Å². The number of pyridine rings is 2. The Labute approximate surface area is 182 Å². The number of aryl methyl sites for hydroxylation is 1. The molecule has 0 unspecified atom stereocenters. The number of rotatable bonds is 6. The molecule has 0 N–H and O–H groups in total. The van der Waals surface area contributed by atoms with Crippen molar-refractivity contribution in [1.82, 2.24) is 9.97 Å². The first-order valence-corrected chi connectivity index (χ1v) is 9.93. The van der Waals surface area contributed by atoms with Crippen molar-refractivity contribution in [3.63, 3.8) is 0 Å². The largest absolute Gasteiger partial charge is 0.493 e. The van der Waals surface area contributed by atoms with Gasteiger partial charge in [-0.15, -0.1) is 0 Å². The summed E-state index contributed by atoms with van der Waals surface area (Å²) >= 11 is 0. The number of hydrogen-bond donors (Lipinski definition) is 0. The van der Waals surface area contributed by atoms with E-state index >= 15 is 0 Å². The fourth-order valence-electron chi connectivity index (χ4n) is 3.46. The van der Waals surface area contributed by atoms with Crippen LogP contribution in [0.5, 0.6) is 17.2 Å². The minimum Gasteiger partial charge on any atom is -0.493 e. The van der Waals surface area contributed by atoms with Gasteiger partial charge in [-0.2, -0.15) is 0 Å². The molecular weight excluding hydrogens is 388 g/mol. The molecule has 4 rings (SSSR count). The zero-order chi connectivity index (χ0) is 21.8. The maximum atomic E-state index is 5.47. The van der Waals surface area contributed by atoms with Gasteiger partial charge in [-0.05, 0) is 48.4 Å². The number of ether oxygens (including phenoxy) is 3. The van der Waals surface area contributed by atoms with Crippen LogP contribution < -0.4 is 14.2 Å². The van der Waals surface area contributed by atoms with Crippen molar-refractivity contribution < 1.29 is 14.2 Å². The molecule has 2 aromatic carbocycles. The molecule has 0 amide bonds. The molecule has 0 spiro atoms. The summed E-state index contributed by atoms with van der Waals surface area (Å²) in [5.41, 5.74) is 6.98. The topological polar surface area (TPSA) is 53.5 Å². The van der Waals surface area contributed by atoms with Gasteiger partial charge in [0.1, 0.15) is 0 Å². The highest BCUT2D eigenvalue weighted by molar-refractivity contribution is 5.74. The molecule has 2 aromatic heterocycles. The Morgan fingerprint density at radius 1 is 0.581 bits per heavy atom. The number of hydrogen-bond acceptors (Lipinski definition) is 5. The van der Waals surface area contributed by atoms with Crippen molar-refractivity contribution in [3.8, 4) is 50.9 Å². The van der Waals surface area contributed by atoms with E-state index in [4.69, 9.17) is 19.2 Å². The summed E-state index contributed by atoms with van der Waals surface area (Å²) in [6.07, 6.45) is 3.74. The zero-order valence-electron chi connectivity index (χ0n) is 18.0. The maximum Gasteiger partial charge on any atom is 0.203 e. The lowest BCUT2D eigenvalue weighted by Gasteiger charge is -2.14. The Hall–Kier alpha value is -3.86. The first kappa shape index (κ1) is 20.4. The van der Waals surface area contributed by atoms with Crippen LogP contribution in [-0.4, -0.2) is 31.3 Å². The molecule has 5 nitrogen and oxygen atoms in total.